The van der Waals surface area contributed by atoms with Crippen LogP contribution in [0.1, 0.15) is 20.3 Å². The summed E-state index contributed by atoms with van der Waals surface area (Å²) in [5, 5.41) is 0. The average molecular weight is 192 g/mol. The van der Waals surface area contributed by atoms with E-state index in [1.54, 1.807) is 14.2 Å². The molecule has 3 nitrogen and oxygen atoms in total. The Hall–Kier alpha value is 0.0969. The van der Waals surface area contributed by atoms with E-state index in [9.17, 15) is 0 Å². The van der Waals surface area contributed by atoms with Crippen LogP contribution in [0.2, 0.25) is 0 Å². The fraction of sp³-hybridized carbons (Fsp3) is 1.00. The van der Waals surface area contributed by atoms with Gasteiger partial charge in [-0.2, -0.15) is 0 Å². The van der Waals surface area contributed by atoms with Gasteiger partial charge in [-0.05, 0) is 12.3 Å². The lowest BCUT2D eigenvalue weighted by Crippen LogP contribution is -2.38. The maximum absolute atomic E-state index is 5.46. The van der Waals surface area contributed by atoms with Crippen LogP contribution in [0.3, 0.4) is 0 Å². The fourth-order valence-electron chi connectivity index (χ4n) is 0.681. The van der Waals surface area contributed by atoms with Crippen LogP contribution in [0.4, 0.5) is 0 Å². The van der Waals surface area contributed by atoms with Gasteiger partial charge in [0.2, 0.25) is 5.60 Å². The van der Waals surface area contributed by atoms with E-state index in [0.717, 1.165) is 6.42 Å². The highest BCUT2D eigenvalue weighted by molar-refractivity contribution is 6.12. The maximum Gasteiger partial charge on any atom is 0.244 e. The van der Waals surface area contributed by atoms with Gasteiger partial charge in [0.25, 0.3) is 0 Å². The lowest BCUT2D eigenvalue weighted by atomic mass is 10.1. The molecule has 0 unspecified atom stereocenters. The fourth-order valence-corrected chi connectivity index (χ4v) is 0.885. The molecule has 0 aromatic rings. The molecule has 0 spiro atoms. The third-order valence-corrected chi connectivity index (χ3v) is 2.91. The van der Waals surface area contributed by atoms with E-state index in [1.807, 2.05) is 0 Å². The van der Waals surface area contributed by atoms with Gasteiger partial charge in [-0.3, -0.25) is 0 Å². The topological polar surface area (TPSA) is 27.7 Å². The average Bonchev–Trinajstić information content (AvgIpc) is 2.03. The molecule has 12 heavy (non-hydrogen) atoms. The first-order valence-corrected chi connectivity index (χ1v) is 5.28. The van der Waals surface area contributed by atoms with Crippen LogP contribution >= 0.6 is 0 Å². The monoisotopic (exact) mass is 192 g/mol. The summed E-state index contributed by atoms with van der Waals surface area (Å²) < 4.78 is 15.6. The molecule has 0 heterocycles. The summed E-state index contributed by atoms with van der Waals surface area (Å²) in [6.45, 7) is 5.03. The van der Waals surface area contributed by atoms with Crippen molar-refractivity contribution in [2.24, 2.45) is 5.92 Å². The van der Waals surface area contributed by atoms with Crippen molar-refractivity contribution in [3.8, 4) is 0 Å². The predicted molar refractivity (Wildman–Crippen MR) is 52.1 cm³/mol. The van der Waals surface area contributed by atoms with Gasteiger partial charge < -0.3 is 14.2 Å². The van der Waals surface area contributed by atoms with Crippen molar-refractivity contribution in [1.29, 1.82) is 0 Å². The van der Waals surface area contributed by atoms with E-state index in [1.165, 1.54) is 0 Å². The number of hydrogen-bond donors (Lipinski definition) is 0. The molecule has 0 bridgehead atoms. The quantitative estimate of drug-likeness (QED) is 0.448. The zero-order chi connectivity index (χ0) is 9.61. The Morgan fingerprint density at radius 1 is 1.25 bits per heavy atom. The van der Waals surface area contributed by atoms with Crippen molar-refractivity contribution >= 4 is 10.2 Å². The first-order valence-electron chi connectivity index (χ1n) is 4.28. The number of hydrogen-bond acceptors (Lipinski definition) is 3. The first kappa shape index (κ1) is 12.1. The van der Waals surface area contributed by atoms with Gasteiger partial charge in [-0.15, -0.1) is 0 Å². The number of rotatable bonds is 6. The van der Waals surface area contributed by atoms with Crippen LogP contribution in [-0.2, 0) is 14.2 Å². The normalized spacial score (nSPS) is 12.8. The standard InChI is InChI=1S/C8H20O3Si/c1-7(2)5-6-11-8(12,9-3)10-4/h7H,5-6H2,1-4,12H3. The second-order valence-corrected chi connectivity index (χ2v) is 4.53. The Morgan fingerprint density at radius 2 is 1.75 bits per heavy atom. The molecule has 0 fully saturated rings. The minimum Gasteiger partial charge on any atom is -0.336 e. The zero-order valence-corrected chi connectivity index (χ0v) is 10.7. The summed E-state index contributed by atoms with van der Waals surface area (Å²) in [7, 11) is 3.92. The largest absolute Gasteiger partial charge is 0.336 e. The Bertz CT molecular complexity index is 113. The van der Waals surface area contributed by atoms with Crippen molar-refractivity contribution in [3.63, 3.8) is 0 Å². The molecule has 0 aliphatic heterocycles. The van der Waals surface area contributed by atoms with Crippen LogP contribution in [-0.4, -0.2) is 36.7 Å². The zero-order valence-electron chi connectivity index (χ0n) is 8.72. The Morgan fingerprint density at radius 3 is 2.08 bits per heavy atom. The molecule has 0 N–H and O–H groups in total. The minimum atomic E-state index is -0.741. The molecular weight excluding hydrogens is 172 g/mol. The molecule has 0 saturated heterocycles. The highest BCUT2D eigenvalue weighted by atomic mass is 28.1. The van der Waals surface area contributed by atoms with E-state index < -0.39 is 5.60 Å². The summed E-state index contributed by atoms with van der Waals surface area (Å²) in [6.07, 6.45) is 1.04. The van der Waals surface area contributed by atoms with Gasteiger partial charge in [0, 0.05) is 14.2 Å². The van der Waals surface area contributed by atoms with E-state index in [0.29, 0.717) is 22.8 Å². The van der Waals surface area contributed by atoms with Gasteiger partial charge >= 0.3 is 0 Å². The van der Waals surface area contributed by atoms with Crippen molar-refractivity contribution < 1.29 is 14.2 Å². The molecule has 0 radical (unpaired) electrons. The molecule has 0 rings (SSSR count). The van der Waals surface area contributed by atoms with Gasteiger partial charge in [0.15, 0.2) is 0 Å². The third-order valence-electron chi connectivity index (χ3n) is 1.80. The third kappa shape index (κ3) is 4.87. The van der Waals surface area contributed by atoms with Gasteiger partial charge in [-0.1, -0.05) is 13.8 Å². The van der Waals surface area contributed by atoms with Gasteiger partial charge in [-0.25, -0.2) is 0 Å². The second kappa shape index (κ2) is 5.69. The molecular formula is C8H20O3Si. The van der Waals surface area contributed by atoms with Crippen LogP contribution in [0.5, 0.6) is 0 Å². The Kier molecular flexibility index (Phi) is 5.74. The molecule has 74 valence electrons. The molecule has 0 saturated carbocycles. The molecule has 0 aliphatic rings. The summed E-state index contributed by atoms with van der Waals surface area (Å²) in [5.41, 5.74) is -0.741. The molecule has 0 aromatic carbocycles. The highest BCUT2D eigenvalue weighted by Crippen LogP contribution is 2.09. The molecule has 0 aromatic heterocycles. The van der Waals surface area contributed by atoms with E-state index in [-0.39, 0.29) is 0 Å². The SMILES string of the molecule is COC([SiH3])(OC)OCCC(C)C. The lowest BCUT2D eigenvalue weighted by molar-refractivity contribution is -0.304. The lowest BCUT2D eigenvalue weighted by Gasteiger charge is -2.26. The highest BCUT2D eigenvalue weighted by Gasteiger charge is 2.22. The van der Waals surface area contributed by atoms with Crippen LogP contribution in [0.15, 0.2) is 0 Å². The summed E-state index contributed by atoms with van der Waals surface area (Å²) in [4.78, 5) is 0. The molecule has 0 amide bonds. The van der Waals surface area contributed by atoms with Crippen LogP contribution < -0.4 is 0 Å². The Balaban J connectivity index is 3.58. The number of methoxy groups -OCH3 is 2. The van der Waals surface area contributed by atoms with Crippen molar-refractivity contribution in [1.82, 2.24) is 0 Å². The summed E-state index contributed by atoms with van der Waals surface area (Å²) >= 11 is 0. The van der Waals surface area contributed by atoms with Crippen molar-refractivity contribution in [2.45, 2.75) is 25.9 Å². The minimum absolute atomic E-state index is 0.657. The second-order valence-electron chi connectivity index (χ2n) is 3.30. The molecule has 0 aliphatic carbocycles. The van der Waals surface area contributed by atoms with E-state index >= 15 is 0 Å². The maximum atomic E-state index is 5.46. The van der Waals surface area contributed by atoms with E-state index in [4.69, 9.17) is 14.2 Å². The predicted octanol–water partition coefficient (Wildman–Crippen LogP) is 0.319. The molecule has 0 atom stereocenters. The first-order chi connectivity index (χ1) is 5.54. The molecule has 4 heteroatoms. The van der Waals surface area contributed by atoms with E-state index in [2.05, 4.69) is 13.8 Å². The van der Waals surface area contributed by atoms with Crippen LogP contribution in [0.25, 0.3) is 0 Å². The van der Waals surface area contributed by atoms with Crippen molar-refractivity contribution in [3.05, 3.63) is 0 Å². The number of ether oxygens (including phenoxy) is 3. The Labute approximate surface area is 77.8 Å². The summed E-state index contributed by atoms with van der Waals surface area (Å²) in [5.74, 6) is 0.657. The van der Waals surface area contributed by atoms with Crippen LogP contribution in [0, 0.1) is 5.92 Å². The van der Waals surface area contributed by atoms with Crippen molar-refractivity contribution in [2.75, 3.05) is 20.8 Å². The smallest absolute Gasteiger partial charge is 0.244 e. The van der Waals surface area contributed by atoms with Gasteiger partial charge in [0.1, 0.15) is 10.2 Å². The summed E-state index contributed by atoms with van der Waals surface area (Å²) in [6, 6.07) is 0. The van der Waals surface area contributed by atoms with Gasteiger partial charge in [0.05, 0.1) is 6.61 Å².